The molecule has 0 amide bonds. The zero-order valence-electron chi connectivity index (χ0n) is 20.9. The van der Waals surface area contributed by atoms with Crippen LogP contribution in [0.4, 0.5) is 0 Å². The van der Waals surface area contributed by atoms with Gasteiger partial charge in [0.15, 0.2) is 0 Å². The van der Waals surface area contributed by atoms with E-state index in [1.54, 1.807) is 23.2 Å². The average Bonchev–Trinajstić information content (AvgIpc) is 2.86. The molecule has 2 aliphatic rings. The fourth-order valence-electron chi connectivity index (χ4n) is 6.82. The van der Waals surface area contributed by atoms with Gasteiger partial charge in [0.25, 0.3) is 0 Å². The number of benzene rings is 2. The summed E-state index contributed by atoms with van der Waals surface area (Å²) in [7, 11) is 0.247. The van der Waals surface area contributed by atoms with Crippen LogP contribution in [0.1, 0.15) is 108 Å². The largest absolute Gasteiger partial charge is 0.0654 e. The van der Waals surface area contributed by atoms with E-state index in [0.717, 1.165) is 11.8 Å². The van der Waals surface area contributed by atoms with Crippen LogP contribution in [-0.2, 0) is 5.41 Å². The predicted octanol–water partition coefficient (Wildman–Crippen LogP) is 9.04. The Balaban J connectivity index is 1.37. The molecule has 2 aromatic rings. The maximum absolute atomic E-state index is 2.46. The molecule has 0 atom stereocenters. The van der Waals surface area contributed by atoms with Crippen molar-refractivity contribution in [1.29, 1.82) is 0 Å². The highest BCUT2D eigenvalue weighted by Crippen LogP contribution is 2.43. The molecular weight excluding hydrogens is 400 g/mol. The maximum Gasteiger partial charge on any atom is 0.0198 e. The van der Waals surface area contributed by atoms with E-state index in [1.807, 2.05) is 0 Å². The molecule has 0 nitrogen and oxygen atoms in total. The number of hydrogen-bond acceptors (Lipinski definition) is 0. The van der Waals surface area contributed by atoms with Gasteiger partial charge in [-0.05, 0) is 84.5 Å². The van der Waals surface area contributed by atoms with E-state index in [9.17, 15) is 0 Å². The summed E-state index contributed by atoms with van der Waals surface area (Å²) in [5, 5.41) is 0. The Bertz CT molecular complexity index is 784. The van der Waals surface area contributed by atoms with Crippen molar-refractivity contribution in [3.8, 4) is 11.1 Å². The molecule has 2 aromatic carbocycles. The molecule has 2 fully saturated rings. The summed E-state index contributed by atoms with van der Waals surface area (Å²) in [6.07, 6.45) is 16.9. The second-order valence-corrected chi connectivity index (χ2v) is 13.1. The standard InChI is InChI=1S/C31H46Si/c1-3-5-6-7-25-8-10-26(11-9-25)27-12-14-28(15-13-27)29-16-18-30(19-17-29)31(20-4-2)21-23-32-24-22-31/h12-19,25-26H,3-11,20-24,32H2,1-2H3. The third-order valence-electron chi connectivity index (χ3n) is 8.81. The van der Waals surface area contributed by atoms with E-state index in [0.29, 0.717) is 5.41 Å². The Morgan fingerprint density at radius 1 is 0.750 bits per heavy atom. The molecule has 1 heteroatoms. The third kappa shape index (κ3) is 5.77. The Hall–Kier alpha value is -1.34. The van der Waals surface area contributed by atoms with Gasteiger partial charge in [0.05, 0.1) is 0 Å². The molecule has 1 saturated heterocycles. The Labute approximate surface area is 200 Å². The lowest BCUT2D eigenvalue weighted by atomic mass is 9.72. The minimum atomic E-state index is 0.247. The van der Waals surface area contributed by atoms with Crippen molar-refractivity contribution < 1.29 is 0 Å². The first kappa shape index (κ1) is 23.8. The van der Waals surface area contributed by atoms with E-state index < -0.39 is 0 Å². The number of rotatable bonds is 9. The van der Waals surface area contributed by atoms with Crippen molar-refractivity contribution in [2.75, 3.05) is 0 Å². The smallest absolute Gasteiger partial charge is 0.0198 e. The van der Waals surface area contributed by atoms with Crippen LogP contribution >= 0.6 is 0 Å². The van der Waals surface area contributed by atoms with Crippen LogP contribution in [0, 0.1) is 5.92 Å². The summed E-state index contributed by atoms with van der Waals surface area (Å²) in [5.74, 6) is 1.79. The highest BCUT2D eigenvalue weighted by atomic mass is 28.2. The summed E-state index contributed by atoms with van der Waals surface area (Å²) in [6, 6.07) is 22.4. The average molecular weight is 447 g/mol. The van der Waals surface area contributed by atoms with Gasteiger partial charge in [-0.1, -0.05) is 107 Å². The second-order valence-electron chi connectivity index (χ2n) is 11.0. The second kappa shape index (κ2) is 11.7. The number of unbranched alkanes of at least 4 members (excludes halogenated alkanes) is 2. The quantitative estimate of drug-likeness (QED) is 0.266. The van der Waals surface area contributed by atoms with Crippen molar-refractivity contribution >= 4 is 9.52 Å². The van der Waals surface area contributed by atoms with Gasteiger partial charge >= 0.3 is 0 Å². The van der Waals surface area contributed by atoms with Gasteiger partial charge in [-0.15, -0.1) is 0 Å². The first-order valence-corrected chi connectivity index (χ1v) is 15.9. The maximum atomic E-state index is 2.46. The summed E-state index contributed by atoms with van der Waals surface area (Å²) in [5.41, 5.74) is 6.44. The Morgan fingerprint density at radius 2 is 1.38 bits per heavy atom. The number of hydrogen-bond donors (Lipinski definition) is 0. The van der Waals surface area contributed by atoms with Crippen LogP contribution in [0.15, 0.2) is 48.5 Å². The molecule has 32 heavy (non-hydrogen) atoms. The summed E-state index contributed by atoms with van der Waals surface area (Å²) in [6.45, 7) is 4.68. The summed E-state index contributed by atoms with van der Waals surface area (Å²) in [4.78, 5) is 0. The highest BCUT2D eigenvalue weighted by molar-refractivity contribution is 6.35. The van der Waals surface area contributed by atoms with Crippen molar-refractivity contribution in [3.05, 3.63) is 59.7 Å². The lowest BCUT2D eigenvalue weighted by Crippen LogP contribution is -2.30. The highest BCUT2D eigenvalue weighted by Gasteiger charge is 2.32. The Kier molecular flexibility index (Phi) is 8.69. The minimum Gasteiger partial charge on any atom is -0.0654 e. The lowest BCUT2D eigenvalue weighted by Gasteiger charge is -2.38. The zero-order valence-corrected chi connectivity index (χ0v) is 22.3. The SMILES string of the molecule is CCCCCC1CCC(c2ccc(-c3ccc(C4(CCC)CC[SiH2]CC4)cc3)cc2)CC1. The van der Waals surface area contributed by atoms with Crippen molar-refractivity contribution in [2.45, 2.75) is 114 Å². The lowest BCUT2D eigenvalue weighted by molar-refractivity contribution is 0.303. The first-order valence-electron chi connectivity index (χ1n) is 13.9. The van der Waals surface area contributed by atoms with Gasteiger partial charge in [-0.3, -0.25) is 0 Å². The molecule has 0 unspecified atom stereocenters. The van der Waals surface area contributed by atoms with Crippen LogP contribution in [-0.4, -0.2) is 9.52 Å². The van der Waals surface area contributed by atoms with Gasteiger partial charge in [-0.25, -0.2) is 0 Å². The van der Waals surface area contributed by atoms with Crippen LogP contribution in [0.25, 0.3) is 11.1 Å². The molecule has 0 aromatic heterocycles. The normalized spacial score (nSPS) is 26.9. The van der Waals surface area contributed by atoms with Crippen LogP contribution < -0.4 is 0 Å². The minimum absolute atomic E-state index is 0.247. The molecule has 1 aliphatic carbocycles. The van der Waals surface area contributed by atoms with Gasteiger partial charge in [0.2, 0.25) is 0 Å². The van der Waals surface area contributed by atoms with Gasteiger partial charge in [0.1, 0.15) is 0 Å². The summed E-state index contributed by atoms with van der Waals surface area (Å²) < 4.78 is 0. The van der Waals surface area contributed by atoms with Gasteiger partial charge < -0.3 is 0 Å². The fourth-order valence-corrected chi connectivity index (χ4v) is 9.03. The zero-order chi connectivity index (χ0) is 22.2. The van der Waals surface area contributed by atoms with E-state index in [2.05, 4.69) is 62.4 Å². The van der Waals surface area contributed by atoms with Crippen LogP contribution in [0.2, 0.25) is 12.1 Å². The van der Waals surface area contributed by atoms with E-state index in [-0.39, 0.29) is 9.52 Å². The molecule has 1 saturated carbocycles. The van der Waals surface area contributed by atoms with Gasteiger partial charge in [0, 0.05) is 9.52 Å². The Morgan fingerprint density at radius 3 is 1.97 bits per heavy atom. The van der Waals surface area contributed by atoms with Crippen molar-refractivity contribution in [1.82, 2.24) is 0 Å². The predicted molar refractivity (Wildman–Crippen MR) is 145 cm³/mol. The third-order valence-corrected chi connectivity index (χ3v) is 10.5. The van der Waals surface area contributed by atoms with E-state index in [1.165, 1.54) is 88.2 Å². The molecule has 0 radical (unpaired) electrons. The van der Waals surface area contributed by atoms with Crippen molar-refractivity contribution in [3.63, 3.8) is 0 Å². The molecule has 174 valence electrons. The molecule has 0 bridgehead atoms. The van der Waals surface area contributed by atoms with Crippen LogP contribution in [0.3, 0.4) is 0 Å². The molecule has 0 N–H and O–H groups in total. The van der Waals surface area contributed by atoms with Gasteiger partial charge in [-0.2, -0.15) is 0 Å². The molecule has 1 heterocycles. The van der Waals surface area contributed by atoms with E-state index in [4.69, 9.17) is 0 Å². The first-order chi connectivity index (χ1) is 15.7. The van der Waals surface area contributed by atoms with Crippen LogP contribution in [0.5, 0.6) is 0 Å². The fraction of sp³-hybridized carbons (Fsp3) is 0.613. The van der Waals surface area contributed by atoms with E-state index >= 15 is 0 Å². The molecule has 4 rings (SSSR count). The summed E-state index contributed by atoms with van der Waals surface area (Å²) >= 11 is 0. The molecule has 1 aliphatic heterocycles. The molecule has 0 spiro atoms. The van der Waals surface area contributed by atoms with Crippen molar-refractivity contribution in [2.24, 2.45) is 5.92 Å². The monoisotopic (exact) mass is 446 g/mol. The topological polar surface area (TPSA) is 0 Å². The molecular formula is C31H46Si.